The quantitative estimate of drug-likeness (QED) is 0.681. The van der Waals surface area contributed by atoms with Crippen LogP contribution >= 0.6 is 0 Å². The zero-order chi connectivity index (χ0) is 17.6. The van der Waals surface area contributed by atoms with Crippen LogP contribution in [0.25, 0.3) is 11.1 Å². The molecule has 0 radical (unpaired) electrons. The first-order chi connectivity index (χ1) is 12.1. The molecule has 0 aliphatic heterocycles. The fourth-order valence-electron chi connectivity index (χ4n) is 2.69. The second-order valence-corrected chi connectivity index (χ2v) is 6.29. The van der Waals surface area contributed by atoms with Crippen molar-refractivity contribution in [2.45, 2.75) is 25.7 Å². The van der Waals surface area contributed by atoms with E-state index in [2.05, 4.69) is 4.98 Å². The Morgan fingerprint density at radius 2 is 1.84 bits per heavy atom. The van der Waals surface area contributed by atoms with E-state index in [0.717, 1.165) is 16.7 Å². The SMILES string of the molecule is CC(c1nc2ccccc2o1)N(C)CC(O)COCc1ccccc1. The van der Waals surface area contributed by atoms with Gasteiger partial charge in [0.2, 0.25) is 5.89 Å². The van der Waals surface area contributed by atoms with Gasteiger partial charge in [-0.15, -0.1) is 0 Å². The molecule has 0 bridgehead atoms. The predicted octanol–water partition coefficient (Wildman–Crippen LogP) is 3.40. The first kappa shape index (κ1) is 17.6. The Labute approximate surface area is 147 Å². The van der Waals surface area contributed by atoms with Crippen molar-refractivity contribution in [1.82, 2.24) is 9.88 Å². The Hall–Kier alpha value is -2.21. The molecule has 3 rings (SSSR count). The molecule has 5 nitrogen and oxygen atoms in total. The molecule has 2 atom stereocenters. The van der Waals surface area contributed by atoms with Gasteiger partial charge in [-0.05, 0) is 31.7 Å². The number of fused-ring (bicyclic) bond motifs is 1. The van der Waals surface area contributed by atoms with Gasteiger partial charge in [0.05, 0.1) is 25.4 Å². The molecule has 0 spiro atoms. The highest BCUT2D eigenvalue weighted by atomic mass is 16.5. The largest absolute Gasteiger partial charge is 0.439 e. The molecule has 0 fully saturated rings. The second kappa shape index (κ2) is 8.25. The third kappa shape index (κ3) is 4.66. The number of oxazole rings is 1. The predicted molar refractivity (Wildman–Crippen MR) is 97.2 cm³/mol. The summed E-state index contributed by atoms with van der Waals surface area (Å²) in [7, 11) is 1.94. The average molecular weight is 340 g/mol. The maximum atomic E-state index is 10.2. The number of ether oxygens (including phenoxy) is 1. The number of hydrogen-bond acceptors (Lipinski definition) is 5. The van der Waals surface area contributed by atoms with E-state index >= 15 is 0 Å². The highest BCUT2D eigenvalue weighted by Gasteiger charge is 2.20. The van der Waals surface area contributed by atoms with Crippen LogP contribution < -0.4 is 0 Å². The number of rotatable bonds is 8. The third-order valence-electron chi connectivity index (χ3n) is 4.25. The first-order valence-electron chi connectivity index (χ1n) is 8.49. The van der Waals surface area contributed by atoms with Crippen LogP contribution in [0.15, 0.2) is 59.0 Å². The second-order valence-electron chi connectivity index (χ2n) is 6.29. The topological polar surface area (TPSA) is 58.7 Å². The highest BCUT2D eigenvalue weighted by Crippen LogP contribution is 2.23. The van der Waals surface area contributed by atoms with Crippen LogP contribution in [0.2, 0.25) is 0 Å². The molecular weight excluding hydrogens is 316 g/mol. The summed E-state index contributed by atoms with van der Waals surface area (Å²) in [6.07, 6.45) is -0.569. The van der Waals surface area contributed by atoms with Crippen molar-refractivity contribution in [3.8, 4) is 0 Å². The fourth-order valence-corrected chi connectivity index (χ4v) is 2.69. The summed E-state index contributed by atoms with van der Waals surface area (Å²) in [5.74, 6) is 0.654. The number of para-hydroxylation sites is 2. The van der Waals surface area contributed by atoms with Crippen LogP contribution in [0.4, 0.5) is 0 Å². The van der Waals surface area contributed by atoms with E-state index in [-0.39, 0.29) is 6.04 Å². The molecule has 1 heterocycles. The minimum atomic E-state index is -0.569. The standard InChI is InChI=1S/C20H24N2O3/c1-15(20-21-18-10-6-7-11-19(18)25-20)22(2)12-17(23)14-24-13-16-8-4-3-5-9-16/h3-11,15,17,23H,12-14H2,1-2H3. The fraction of sp³-hybridized carbons (Fsp3) is 0.350. The summed E-state index contributed by atoms with van der Waals surface area (Å²) in [5, 5.41) is 10.2. The van der Waals surface area contributed by atoms with Gasteiger partial charge in [0.25, 0.3) is 0 Å². The molecule has 0 amide bonds. The molecule has 0 saturated heterocycles. The van der Waals surface area contributed by atoms with E-state index in [0.29, 0.717) is 25.6 Å². The smallest absolute Gasteiger partial charge is 0.212 e. The zero-order valence-electron chi connectivity index (χ0n) is 14.6. The van der Waals surface area contributed by atoms with E-state index in [1.165, 1.54) is 0 Å². The molecular formula is C20H24N2O3. The number of aromatic nitrogens is 1. The Balaban J connectivity index is 1.49. The van der Waals surface area contributed by atoms with Crippen LogP contribution in [-0.2, 0) is 11.3 Å². The average Bonchev–Trinajstić information content (AvgIpc) is 3.06. The minimum absolute atomic E-state index is 0.0313. The van der Waals surface area contributed by atoms with Crippen LogP contribution in [-0.4, -0.2) is 41.3 Å². The summed E-state index contributed by atoms with van der Waals surface area (Å²) in [6, 6.07) is 17.6. The van der Waals surface area contributed by atoms with E-state index in [9.17, 15) is 5.11 Å². The van der Waals surface area contributed by atoms with Gasteiger partial charge < -0.3 is 14.3 Å². The van der Waals surface area contributed by atoms with Gasteiger partial charge in [-0.1, -0.05) is 42.5 Å². The number of hydrogen-bond donors (Lipinski definition) is 1. The normalized spacial score (nSPS) is 14.1. The number of aliphatic hydroxyl groups excluding tert-OH is 1. The van der Waals surface area contributed by atoms with E-state index in [1.54, 1.807) is 0 Å². The van der Waals surface area contributed by atoms with E-state index < -0.39 is 6.10 Å². The van der Waals surface area contributed by atoms with Crippen molar-refractivity contribution in [3.05, 3.63) is 66.1 Å². The lowest BCUT2D eigenvalue weighted by atomic mass is 10.2. The van der Waals surface area contributed by atoms with Gasteiger partial charge in [-0.2, -0.15) is 0 Å². The molecule has 1 N–H and O–H groups in total. The molecule has 0 saturated carbocycles. The molecule has 3 aromatic rings. The van der Waals surface area contributed by atoms with Crippen molar-refractivity contribution in [2.24, 2.45) is 0 Å². The Morgan fingerprint density at radius 3 is 2.60 bits per heavy atom. The van der Waals surface area contributed by atoms with Crippen molar-refractivity contribution in [3.63, 3.8) is 0 Å². The summed E-state index contributed by atoms with van der Waals surface area (Å²) in [5.41, 5.74) is 2.73. The van der Waals surface area contributed by atoms with Gasteiger partial charge >= 0.3 is 0 Å². The lowest BCUT2D eigenvalue weighted by molar-refractivity contribution is 0.00700. The summed E-state index contributed by atoms with van der Waals surface area (Å²) < 4.78 is 11.4. The number of benzene rings is 2. The maximum absolute atomic E-state index is 10.2. The number of nitrogens with zero attached hydrogens (tertiary/aromatic N) is 2. The summed E-state index contributed by atoms with van der Waals surface area (Å²) >= 11 is 0. The molecule has 2 aromatic carbocycles. The molecule has 25 heavy (non-hydrogen) atoms. The Kier molecular flexibility index (Phi) is 5.81. The summed E-state index contributed by atoms with van der Waals surface area (Å²) in [4.78, 5) is 6.54. The minimum Gasteiger partial charge on any atom is -0.439 e. The Morgan fingerprint density at radius 1 is 1.12 bits per heavy atom. The Bertz CT molecular complexity index is 755. The lowest BCUT2D eigenvalue weighted by Crippen LogP contribution is -2.34. The van der Waals surface area contributed by atoms with Gasteiger partial charge in [-0.25, -0.2) is 4.98 Å². The molecule has 0 aliphatic rings. The molecule has 5 heteroatoms. The van der Waals surface area contributed by atoms with Crippen LogP contribution in [0.3, 0.4) is 0 Å². The molecule has 132 valence electrons. The number of likely N-dealkylation sites (N-methyl/N-ethyl adjacent to an activating group) is 1. The highest BCUT2D eigenvalue weighted by molar-refractivity contribution is 5.72. The monoisotopic (exact) mass is 340 g/mol. The van der Waals surface area contributed by atoms with Crippen molar-refractivity contribution >= 4 is 11.1 Å². The first-order valence-corrected chi connectivity index (χ1v) is 8.49. The summed E-state index contributed by atoms with van der Waals surface area (Å²) in [6.45, 7) is 3.29. The van der Waals surface area contributed by atoms with Crippen LogP contribution in [0.5, 0.6) is 0 Å². The molecule has 0 aliphatic carbocycles. The van der Waals surface area contributed by atoms with E-state index in [4.69, 9.17) is 9.15 Å². The van der Waals surface area contributed by atoms with Crippen molar-refractivity contribution in [2.75, 3.05) is 20.2 Å². The van der Waals surface area contributed by atoms with Gasteiger partial charge in [0, 0.05) is 6.54 Å². The van der Waals surface area contributed by atoms with Crippen LogP contribution in [0, 0.1) is 0 Å². The maximum Gasteiger partial charge on any atom is 0.212 e. The van der Waals surface area contributed by atoms with Crippen molar-refractivity contribution in [1.29, 1.82) is 0 Å². The molecule has 2 unspecified atom stereocenters. The molecule has 1 aromatic heterocycles. The zero-order valence-corrected chi connectivity index (χ0v) is 14.6. The van der Waals surface area contributed by atoms with Gasteiger partial charge in [-0.3, -0.25) is 4.90 Å². The van der Waals surface area contributed by atoms with Crippen molar-refractivity contribution < 1.29 is 14.3 Å². The number of aliphatic hydroxyl groups is 1. The lowest BCUT2D eigenvalue weighted by Gasteiger charge is -2.24. The van der Waals surface area contributed by atoms with Crippen LogP contribution in [0.1, 0.15) is 24.4 Å². The third-order valence-corrected chi connectivity index (χ3v) is 4.25. The van der Waals surface area contributed by atoms with E-state index in [1.807, 2.05) is 73.5 Å². The van der Waals surface area contributed by atoms with Gasteiger partial charge in [0.1, 0.15) is 5.52 Å². The van der Waals surface area contributed by atoms with Gasteiger partial charge in [0.15, 0.2) is 5.58 Å².